The number of amides is 1. The predicted molar refractivity (Wildman–Crippen MR) is 79.8 cm³/mol. The molecule has 1 fully saturated rings. The van der Waals surface area contributed by atoms with Crippen molar-refractivity contribution < 1.29 is 14.3 Å². The van der Waals surface area contributed by atoms with Crippen molar-refractivity contribution >= 4 is 23.1 Å². The Labute approximate surface area is 123 Å². The number of para-hydroxylation sites is 1. The molecule has 2 rings (SSSR count). The van der Waals surface area contributed by atoms with Crippen molar-refractivity contribution in [3.63, 3.8) is 0 Å². The van der Waals surface area contributed by atoms with Gasteiger partial charge in [0.05, 0.1) is 17.7 Å². The fraction of sp³-hybridized carbons (Fsp3) is 0.429. The molecule has 1 atom stereocenters. The molecule has 0 bridgehead atoms. The monoisotopic (exact) mass is 294 g/mol. The highest BCUT2D eigenvalue weighted by atomic mass is 32.1. The first-order chi connectivity index (χ1) is 9.50. The molecule has 6 heteroatoms. The molecular weight excluding hydrogens is 276 g/mol. The fourth-order valence-corrected chi connectivity index (χ4v) is 2.25. The molecule has 0 aromatic heterocycles. The van der Waals surface area contributed by atoms with E-state index < -0.39 is 0 Å². The van der Waals surface area contributed by atoms with Gasteiger partial charge >= 0.3 is 0 Å². The van der Waals surface area contributed by atoms with Crippen molar-refractivity contribution in [1.29, 1.82) is 0 Å². The van der Waals surface area contributed by atoms with Gasteiger partial charge in [0.2, 0.25) is 0 Å². The van der Waals surface area contributed by atoms with Crippen molar-refractivity contribution in [2.75, 3.05) is 19.8 Å². The Morgan fingerprint density at radius 2 is 2.30 bits per heavy atom. The van der Waals surface area contributed by atoms with Gasteiger partial charge in [-0.05, 0) is 25.5 Å². The average molecular weight is 294 g/mol. The number of hydrogen-bond acceptors (Lipinski definition) is 4. The number of carbonyl (C=O) groups excluding carboxylic acids is 1. The lowest BCUT2D eigenvalue weighted by atomic mass is 10.0. The van der Waals surface area contributed by atoms with E-state index in [9.17, 15) is 4.79 Å². The van der Waals surface area contributed by atoms with Crippen LogP contribution in [0, 0.1) is 0 Å². The second-order valence-electron chi connectivity index (χ2n) is 5.06. The van der Waals surface area contributed by atoms with Gasteiger partial charge in [0.25, 0.3) is 5.91 Å². The van der Waals surface area contributed by atoms with Crippen LogP contribution in [0.25, 0.3) is 0 Å². The Hall–Kier alpha value is -1.66. The highest BCUT2D eigenvalue weighted by molar-refractivity contribution is 7.80. The van der Waals surface area contributed by atoms with Crippen LogP contribution < -0.4 is 15.8 Å². The molecule has 20 heavy (non-hydrogen) atoms. The normalized spacial score (nSPS) is 21.4. The third-order valence-corrected chi connectivity index (χ3v) is 3.39. The lowest BCUT2D eigenvalue weighted by Gasteiger charge is -2.23. The number of hydrogen-bond donors (Lipinski definition) is 2. The zero-order valence-electron chi connectivity index (χ0n) is 11.3. The Morgan fingerprint density at radius 3 is 2.95 bits per heavy atom. The van der Waals surface area contributed by atoms with Gasteiger partial charge in [-0.3, -0.25) is 4.79 Å². The van der Waals surface area contributed by atoms with E-state index in [-0.39, 0.29) is 23.0 Å². The summed E-state index contributed by atoms with van der Waals surface area (Å²) in [6.07, 6.45) is 0.808. The largest absolute Gasteiger partial charge is 0.483 e. The van der Waals surface area contributed by atoms with Crippen molar-refractivity contribution in [2.24, 2.45) is 5.73 Å². The fourth-order valence-electron chi connectivity index (χ4n) is 2.08. The second-order valence-corrected chi connectivity index (χ2v) is 5.50. The first kappa shape index (κ1) is 14.7. The molecule has 0 saturated carbocycles. The molecule has 1 aliphatic heterocycles. The van der Waals surface area contributed by atoms with Crippen LogP contribution in [0.1, 0.15) is 18.9 Å². The standard InChI is InChI=1S/C14H18N2O3S/c1-14(6-7-18-9-14)16-12(17)8-19-11-5-3-2-4-10(11)13(15)20/h2-5H,6-9H2,1H3,(H2,15,20)(H,16,17). The third kappa shape index (κ3) is 3.68. The number of ether oxygens (including phenoxy) is 2. The lowest BCUT2D eigenvalue weighted by Crippen LogP contribution is -2.48. The van der Waals surface area contributed by atoms with Gasteiger partial charge in [0, 0.05) is 6.61 Å². The minimum Gasteiger partial charge on any atom is -0.483 e. The number of nitrogens with two attached hydrogens (primary N) is 1. The molecule has 108 valence electrons. The number of benzene rings is 1. The number of carbonyl (C=O) groups is 1. The Bertz CT molecular complexity index is 513. The lowest BCUT2D eigenvalue weighted by molar-refractivity contribution is -0.124. The molecule has 1 saturated heterocycles. The average Bonchev–Trinajstić information content (AvgIpc) is 2.83. The summed E-state index contributed by atoms with van der Waals surface area (Å²) in [5, 5.41) is 2.92. The smallest absolute Gasteiger partial charge is 0.258 e. The maximum Gasteiger partial charge on any atom is 0.258 e. The molecule has 1 aromatic rings. The third-order valence-electron chi connectivity index (χ3n) is 3.17. The molecule has 5 nitrogen and oxygen atoms in total. The van der Waals surface area contributed by atoms with Crippen molar-refractivity contribution in [1.82, 2.24) is 5.32 Å². The van der Waals surface area contributed by atoms with E-state index in [1.807, 2.05) is 13.0 Å². The molecule has 1 aromatic carbocycles. The maximum atomic E-state index is 11.9. The number of thiocarbonyl (C=S) groups is 1. The molecule has 0 radical (unpaired) electrons. The van der Waals surface area contributed by atoms with Crippen molar-refractivity contribution in [2.45, 2.75) is 18.9 Å². The zero-order valence-corrected chi connectivity index (χ0v) is 12.2. The van der Waals surface area contributed by atoms with Gasteiger partial charge in [-0.1, -0.05) is 24.4 Å². The zero-order chi connectivity index (χ0) is 14.6. The molecule has 1 aliphatic rings. The van der Waals surface area contributed by atoms with Gasteiger partial charge in [0.1, 0.15) is 10.7 Å². The van der Waals surface area contributed by atoms with Crippen LogP contribution in [0.5, 0.6) is 5.75 Å². The van der Waals surface area contributed by atoms with Crippen LogP contribution in [0.4, 0.5) is 0 Å². The summed E-state index contributed by atoms with van der Waals surface area (Å²) in [5.74, 6) is 0.332. The van der Waals surface area contributed by atoms with Crippen LogP contribution in [0.15, 0.2) is 24.3 Å². The molecule has 0 aliphatic carbocycles. The van der Waals surface area contributed by atoms with E-state index in [1.54, 1.807) is 18.2 Å². The first-order valence-corrected chi connectivity index (χ1v) is 6.81. The summed E-state index contributed by atoms with van der Waals surface area (Å²) in [4.78, 5) is 12.2. The number of nitrogens with one attached hydrogen (secondary N) is 1. The van der Waals surface area contributed by atoms with Crippen LogP contribution in [0.3, 0.4) is 0 Å². The molecule has 0 spiro atoms. The van der Waals surface area contributed by atoms with E-state index >= 15 is 0 Å². The summed E-state index contributed by atoms with van der Waals surface area (Å²) in [6.45, 7) is 3.08. The molecule has 3 N–H and O–H groups in total. The summed E-state index contributed by atoms with van der Waals surface area (Å²) < 4.78 is 10.8. The predicted octanol–water partition coefficient (Wildman–Crippen LogP) is 0.995. The van der Waals surface area contributed by atoms with Crippen LogP contribution >= 0.6 is 12.2 Å². The van der Waals surface area contributed by atoms with Gasteiger partial charge in [-0.25, -0.2) is 0 Å². The maximum absolute atomic E-state index is 11.9. The van der Waals surface area contributed by atoms with Gasteiger partial charge < -0.3 is 20.5 Å². The summed E-state index contributed by atoms with van der Waals surface area (Å²) >= 11 is 4.94. The van der Waals surface area contributed by atoms with Crippen molar-refractivity contribution in [3.05, 3.63) is 29.8 Å². The quantitative estimate of drug-likeness (QED) is 0.792. The van der Waals surface area contributed by atoms with Crippen LogP contribution in [-0.2, 0) is 9.53 Å². The van der Waals surface area contributed by atoms with E-state index in [2.05, 4.69) is 5.32 Å². The molecule has 1 unspecified atom stereocenters. The van der Waals surface area contributed by atoms with Gasteiger partial charge in [-0.2, -0.15) is 0 Å². The summed E-state index contributed by atoms with van der Waals surface area (Å²) in [6, 6.07) is 7.13. The van der Waals surface area contributed by atoms with Crippen LogP contribution in [0.2, 0.25) is 0 Å². The summed E-state index contributed by atoms with van der Waals surface area (Å²) in [5.41, 5.74) is 5.94. The first-order valence-electron chi connectivity index (χ1n) is 6.41. The highest BCUT2D eigenvalue weighted by Crippen LogP contribution is 2.19. The van der Waals surface area contributed by atoms with Crippen molar-refractivity contribution in [3.8, 4) is 5.75 Å². The van der Waals surface area contributed by atoms with Gasteiger partial charge in [-0.15, -0.1) is 0 Å². The summed E-state index contributed by atoms with van der Waals surface area (Å²) in [7, 11) is 0. The molecule has 1 heterocycles. The molecule has 1 amide bonds. The van der Waals surface area contributed by atoms with Gasteiger partial charge in [0.15, 0.2) is 6.61 Å². The molecular formula is C14H18N2O3S. The Kier molecular flexibility index (Phi) is 4.57. The van der Waals surface area contributed by atoms with E-state index in [0.29, 0.717) is 24.5 Å². The topological polar surface area (TPSA) is 73.6 Å². The minimum absolute atomic E-state index is 0.0742. The van der Waals surface area contributed by atoms with E-state index in [1.165, 1.54) is 0 Å². The van der Waals surface area contributed by atoms with E-state index in [4.69, 9.17) is 27.4 Å². The number of rotatable bonds is 5. The minimum atomic E-state index is -0.302. The SMILES string of the molecule is CC1(NC(=O)COc2ccccc2C(N)=S)CCOC1. The Morgan fingerprint density at radius 1 is 1.55 bits per heavy atom. The van der Waals surface area contributed by atoms with E-state index in [0.717, 1.165) is 6.42 Å². The highest BCUT2D eigenvalue weighted by Gasteiger charge is 2.31. The second kappa shape index (κ2) is 6.19. The Balaban J connectivity index is 1.92. The van der Waals surface area contributed by atoms with Crippen LogP contribution in [-0.4, -0.2) is 36.3 Å².